The average molecular weight is 382 g/mol. The molecule has 0 radical (unpaired) electrons. The second-order valence-corrected chi connectivity index (χ2v) is 5.87. The van der Waals surface area contributed by atoms with Crippen molar-refractivity contribution in [1.82, 2.24) is 4.98 Å². The van der Waals surface area contributed by atoms with Crippen molar-refractivity contribution >= 4 is 34.7 Å². The first-order chi connectivity index (χ1) is 12.2. The van der Waals surface area contributed by atoms with E-state index in [0.717, 1.165) is 6.07 Å². The van der Waals surface area contributed by atoms with Crippen molar-refractivity contribution in [2.45, 2.75) is 13.1 Å². The lowest BCUT2D eigenvalue weighted by atomic mass is 10.1. The Bertz CT molecular complexity index is 968. The minimum Gasteiger partial charge on any atom is -0.506 e. The number of benzene rings is 1. The molecule has 0 unspecified atom stereocenters. The Kier molecular flexibility index (Phi) is 4.45. The zero-order valence-corrected chi connectivity index (χ0v) is 14.0. The number of hydrazone groups is 1. The number of fused-ring (bicyclic) bond motifs is 1. The lowest BCUT2D eigenvalue weighted by Gasteiger charge is -2.09. The number of ketones is 1. The standard InChI is InChI=1S/C17H11ClF3N3O2/c1-8(13-14(25)10-4-2-3-5-11(10)15(13)26)23-24-16-12(18)6-9(7-22-16)17(19,20)21/h2-7,25H,1H3,(H,22,24)/b23-8-. The number of halogens is 4. The molecule has 0 saturated heterocycles. The summed E-state index contributed by atoms with van der Waals surface area (Å²) >= 11 is 5.79. The van der Waals surface area contributed by atoms with Crippen LogP contribution in [0.2, 0.25) is 5.02 Å². The van der Waals surface area contributed by atoms with Gasteiger partial charge in [-0.2, -0.15) is 18.3 Å². The first kappa shape index (κ1) is 17.9. The lowest BCUT2D eigenvalue weighted by Crippen LogP contribution is -2.10. The van der Waals surface area contributed by atoms with Crippen LogP contribution in [-0.4, -0.2) is 21.6 Å². The van der Waals surface area contributed by atoms with Crippen molar-refractivity contribution in [1.29, 1.82) is 0 Å². The monoisotopic (exact) mass is 381 g/mol. The quantitative estimate of drug-likeness (QED) is 0.596. The van der Waals surface area contributed by atoms with Gasteiger partial charge in [-0.3, -0.25) is 10.2 Å². The molecule has 9 heteroatoms. The number of alkyl halides is 3. The van der Waals surface area contributed by atoms with Gasteiger partial charge in [0.05, 0.1) is 21.9 Å². The molecular formula is C17H11ClF3N3O2. The highest BCUT2D eigenvalue weighted by atomic mass is 35.5. The highest BCUT2D eigenvalue weighted by molar-refractivity contribution is 6.35. The van der Waals surface area contributed by atoms with Crippen molar-refractivity contribution in [3.63, 3.8) is 0 Å². The summed E-state index contributed by atoms with van der Waals surface area (Å²) in [6.07, 6.45) is -3.95. The van der Waals surface area contributed by atoms with Crippen molar-refractivity contribution in [3.8, 4) is 0 Å². The highest BCUT2D eigenvalue weighted by Gasteiger charge is 2.32. The number of pyridine rings is 1. The number of aromatic nitrogens is 1. The molecule has 2 aromatic rings. The lowest BCUT2D eigenvalue weighted by molar-refractivity contribution is -0.137. The summed E-state index contributed by atoms with van der Waals surface area (Å²) in [7, 11) is 0. The fourth-order valence-electron chi connectivity index (χ4n) is 2.47. The molecule has 0 saturated carbocycles. The molecule has 1 aliphatic rings. The Morgan fingerprint density at radius 1 is 1.27 bits per heavy atom. The van der Waals surface area contributed by atoms with Crippen LogP contribution >= 0.6 is 11.6 Å². The Labute approximate surface area is 150 Å². The molecule has 3 rings (SSSR count). The van der Waals surface area contributed by atoms with E-state index in [1.54, 1.807) is 24.3 Å². The summed E-state index contributed by atoms with van der Waals surface area (Å²) < 4.78 is 37.8. The zero-order chi connectivity index (χ0) is 19.1. The van der Waals surface area contributed by atoms with E-state index in [1.807, 2.05) is 0 Å². The highest BCUT2D eigenvalue weighted by Crippen LogP contribution is 2.33. The summed E-state index contributed by atoms with van der Waals surface area (Å²) in [6.45, 7) is 1.47. The maximum Gasteiger partial charge on any atom is 0.417 e. The molecule has 134 valence electrons. The van der Waals surface area contributed by atoms with E-state index in [0.29, 0.717) is 17.3 Å². The van der Waals surface area contributed by atoms with Crippen LogP contribution in [0.3, 0.4) is 0 Å². The van der Waals surface area contributed by atoms with Gasteiger partial charge in [-0.15, -0.1) is 0 Å². The van der Waals surface area contributed by atoms with Crippen LogP contribution in [-0.2, 0) is 6.18 Å². The molecule has 0 fully saturated rings. The smallest absolute Gasteiger partial charge is 0.417 e. The third-order valence-corrected chi connectivity index (χ3v) is 4.04. The molecule has 0 amide bonds. The second kappa shape index (κ2) is 6.45. The minimum absolute atomic E-state index is 0.00161. The van der Waals surface area contributed by atoms with E-state index < -0.39 is 17.5 Å². The topological polar surface area (TPSA) is 74.6 Å². The van der Waals surface area contributed by atoms with Crippen molar-refractivity contribution in [3.05, 3.63) is 63.8 Å². The molecule has 0 spiro atoms. The number of nitrogens with zero attached hydrogens (tertiary/aromatic N) is 2. The molecule has 26 heavy (non-hydrogen) atoms. The molecule has 2 N–H and O–H groups in total. The zero-order valence-electron chi connectivity index (χ0n) is 13.2. The fraction of sp³-hybridized carbons (Fsp3) is 0.118. The third-order valence-electron chi connectivity index (χ3n) is 3.75. The normalized spacial score (nSPS) is 14.7. The number of aliphatic hydroxyl groups excluding tert-OH is 1. The van der Waals surface area contributed by atoms with E-state index in [-0.39, 0.29) is 27.9 Å². The molecule has 1 aliphatic carbocycles. The number of hydrogen-bond acceptors (Lipinski definition) is 5. The van der Waals surface area contributed by atoms with E-state index in [2.05, 4.69) is 15.5 Å². The summed E-state index contributed by atoms with van der Waals surface area (Å²) in [6, 6.07) is 7.25. The van der Waals surface area contributed by atoms with Gasteiger partial charge in [0.2, 0.25) is 0 Å². The number of carbonyl (C=O) groups is 1. The van der Waals surface area contributed by atoms with E-state index in [4.69, 9.17) is 11.6 Å². The molecule has 0 bridgehead atoms. The van der Waals surface area contributed by atoms with Gasteiger partial charge in [0.25, 0.3) is 0 Å². The van der Waals surface area contributed by atoms with Gasteiger partial charge in [-0.25, -0.2) is 4.98 Å². The van der Waals surface area contributed by atoms with Crippen LogP contribution in [0.1, 0.15) is 28.4 Å². The Morgan fingerprint density at radius 2 is 1.92 bits per heavy atom. The first-order valence-electron chi connectivity index (χ1n) is 7.31. The van der Waals surface area contributed by atoms with Gasteiger partial charge in [0.15, 0.2) is 11.6 Å². The van der Waals surface area contributed by atoms with Crippen LogP contribution in [0, 0.1) is 0 Å². The second-order valence-electron chi connectivity index (χ2n) is 5.46. The summed E-state index contributed by atoms with van der Waals surface area (Å²) in [5.74, 6) is -0.713. The minimum atomic E-state index is -4.56. The Balaban J connectivity index is 1.86. The Morgan fingerprint density at radius 3 is 2.50 bits per heavy atom. The van der Waals surface area contributed by atoms with Gasteiger partial charge >= 0.3 is 6.18 Å². The number of rotatable bonds is 3. The Hall–Kier alpha value is -2.87. The maximum absolute atomic E-state index is 12.6. The van der Waals surface area contributed by atoms with Crippen LogP contribution < -0.4 is 5.43 Å². The SMILES string of the molecule is C/C(=N/Nc1ncc(C(F)(F)F)cc1Cl)C1=C(O)c2ccccc2C1=O. The first-order valence-corrected chi connectivity index (χ1v) is 7.68. The van der Waals surface area contributed by atoms with E-state index in [1.165, 1.54) is 6.92 Å². The summed E-state index contributed by atoms with van der Waals surface area (Å²) in [5, 5.41) is 13.9. The molecule has 1 heterocycles. The van der Waals surface area contributed by atoms with Gasteiger partial charge in [0.1, 0.15) is 5.76 Å². The number of aliphatic hydroxyl groups is 1. The molecule has 0 atom stereocenters. The maximum atomic E-state index is 12.6. The molecule has 1 aromatic carbocycles. The van der Waals surface area contributed by atoms with Gasteiger partial charge in [-0.05, 0) is 13.0 Å². The van der Waals surface area contributed by atoms with Crippen molar-refractivity contribution in [2.24, 2.45) is 5.10 Å². The van der Waals surface area contributed by atoms with Gasteiger partial charge < -0.3 is 5.11 Å². The number of allylic oxidation sites excluding steroid dienone is 1. The predicted octanol–water partition coefficient (Wildman–Crippen LogP) is 4.71. The molecular weight excluding hydrogens is 371 g/mol. The third kappa shape index (κ3) is 3.15. The summed E-state index contributed by atoms with van der Waals surface area (Å²) in [5.41, 5.74) is 2.31. The van der Waals surface area contributed by atoms with Crippen LogP contribution in [0.4, 0.5) is 19.0 Å². The van der Waals surface area contributed by atoms with Gasteiger partial charge in [0, 0.05) is 17.3 Å². The number of nitrogens with one attached hydrogen (secondary N) is 1. The summed E-state index contributed by atoms with van der Waals surface area (Å²) in [4.78, 5) is 16.0. The molecule has 5 nitrogen and oxygen atoms in total. The largest absolute Gasteiger partial charge is 0.506 e. The van der Waals surface area contributed by atoms with E-state index in [9.17, 15) is 23.1 Å². The average Bonchev–Trinajstić information content (AvgIpc) is 2.84. The predicted molar refractivity (Wildman–Crippen MR) is 91.3 cm³/mol. The number of Topliss-reactive ketones (excluding diaryl/α,β-unsaturated/α-hetero) is 1. The van der Waals surface area contributed by atoms with Crippen LogP contribution in [0.15, 0.2) is 47.2 Å². The van der Waals surface area contributed by atoms with E-state index >= 15 is 0 Å². The number of anilines is 1. The van der Waals surface area contributed by atoms with Crippen LogP contribution in [0.25, 0.3) is 5.76 Å². The molecule has 1 aromatic heterocycles. The molecule has 0 aliphatic heterocycles. The van der Waals surface area contributed by atoms with Crippen molar-refractivity contribution < 1.29 is 23.1 Å². The fourth-order valence-corrected chi connectivity index (χ4v) is 2.68. The number of hydrogen-bond donors (Lipinski definition) is 2. The van der Waals surface area contributed by atoms with Gasteiger partial charge in [-0.1, -0.05) is 35.9 Å². The van der Waals surface area contributed by atoms with Crippen molar-refractivity contribution in [2.75, 3.05) is 5.43 Å². The van der Waals surface area contributed by atoms with Crippen LogP contribution in [0.5, 0.6) is 0 Å². The number of carbonyl (C=O) groups excluding carboxylic acids is 1.